The van der Waals surface area contributed by atoms with Gasteiger partial charge in [-0.15, -0.1) is 22.0 Å². The van der Waals surface area contributed by atoms with E-state index in [9.17, 15) is 4.79 Å². The Balaban J connectivity index is 1.71. The zero-order valence-corrected chi connectivity index (χ0v) is 15.2. The number of thioether (sulfide) groups is 1. The van der Waals surface area contributed by atoms with Crippen LogP contribution in [0.3, 0.4) is 0 Å². The van der Waals surface area contributed by atoms with Gasteiger partial charge in [0.2, 0.25) is 5.13 Å². The Kier molecular flexibility index (Phi) is 5.50. The van der Waals surface area contributed by atoms with Gasteiger partial charge in [-0.2, -0.15) is 0 Å². The monoisotopic (exact) mass is 375 g/mol. The summed E-state index contributed by atoms with van der Waals surface area (Å²) in [5.41, 5.74) is 1.59. The molecule has 0 spiro atoms. The van der Waals surface area contributed by atoms with Gasteiger partial charge in [-0.3, -0.25) is 10.1 Å². The van der Waals surface area contributed by atoms with E-state index in [1.807, 2.05) is 42.7 Å². The fourth-order valence-corrected chi connectivity index (χ4v) is 3.53. The van der Waals surface area contributed by atoms with Gasteiger partial charge >= 0.3 is 0 Å². The summed E-state index contributed by atoms with van der Waals surface area (Å²) in [5.74, 6) is -0.279. The molecule has 0 bridgehead atoms. The van der Waals surface area contributed by atoms with Crippen molar-refractivity contribution in [2.24, 2.45) is 0 Å². The Morgan fingerprint density at radius 2 is 2.00 bits per heavy atom. The Morgan fingerprint density at radius 3 is 2.75 bits per heavy atom. The van der Waals surface area contributed by atoms with E-state index in [2.05, 4.69) is 15.5 Å². The first-order valence-electron chi connectivity index (χ1n) is 7.17. The minimum atomic E-state index is -0.279. The van der Waals surface area contributed by atoms with E-state index in [1.165, 1.54) is 11.3 Å². The number of aromatic nitrogens is 2. The lowest BCUT2D eigenvalue weighted by molar-refractivity contribution is 0.102. The van der Waals surface area contributed by atoms with Crippen molar-refractivity contribution in [1.29, 1.82) is 0 Å². The van der Waals surface area contributed by atoms with E-state index in [0.29, 0.717) is 22.1 Å². The first-order chi connectivity index (χ1) is 11.7. The summed E-state index contributed by atoms with van der Waals surface area (Å²) in [4.78, 5) is 13.4. The molecule has 1 aromatic heterocycles. The van der Waals surface area contributed by atoms with E-state index in [-0.39, 0.29) is 5.91 Å². The van der Waals surface area contributed by atoms with Crippen LogP contribution in [0.15, 0.2) is 53.4 Å². The van der Waals surface area contributed by atoms with Gasteiger partial charge in [0.1, 0.15) is 5.01 Å². The van der Waals surface area contributed by atoms with Crippen molar-refractivity contribution in [3.05, 3.63) is 69.7 Å². The number of nitrogens with one attached hydrogen (secondary N) is 1. The second kappa shape index (κ2) is 7.79. The largest absolute Gasteiger partial charge is 0.296 e. The number of carbonyl (C=O) groups excluding carboxylic acids is 1. The maximum atomic E-state index is 12.4. The standard InChI is InChI=1S/C17H14ClN3OS2/c1-23-12-7-8-14(18)13(10-12)16(22)19-17-21-20-15(24-17)9-11-5-3-2-4-6-11/h2-8,10H,9H2,1H3,(H,19,21,22). The topological polar surface area (TPSA) is 54.9 Å². The van der Waals surface area contributed by atoms with Gasteiger partial charge in [0.05, 0.1) is 10.6 Å². The van der Waals surface area contributed by atoms with E-state index in [4.69, 9.17) is 11.6 Å². The molecule has 3 aromatic rings. The molecule has 1 N–H and O–H groups in total. The Labute approximate surface area is 153 Å². The molecule has 0 aliphatic rings. The molecule has 0 aliphatic heterocycles. The van der Waals surface area contributed by atoms with Crippen molar-refractivity contribution in [2.75, 3.05) is 11.6 Å². The third kappa shape index (κ3) is 4.14. The third-order valence-corrected chi connectivity index (χ3v) is 5.20. The van der Waals surface area contributed by atoms with E-state index < -0.39 is 0 Å². The molecule has 0 atom stereocenters. The van der Waals surface area contributed by atoms with Gasteiger partial charge in [-0.25, -0.2) is 0 Å². The average Bonchev–Trinajstić information content (AvgIpc) is 3.03. The van der Waals surface area contributed by atoms with Crippen molar-refractivity contribution >= 4 is 45.7 Å². The maximum Gasteiger partial charge on any atom is 0.259 e. The smallest absolute Gasteiger partial charge is 0.259 e. The summed E-state index contributed by atoms with van der Waals surface area (Å²) in [6.45, 7) is 0. The van der Waals surface area contributed by atoms with Gasteiger partial charge < -0.3 is 0 Å². The van der Waals surface area contributed by atoms with E-state index in [1.54, 1.807) is 23.9 Å². The number of carbonyl (C=O) groups is 1. The Hall–Kier alpha value is -1.89. The fourth-order valence-electron chi connectivity index (χ4n) is 2.12. The predicted octanol–water partition coefficient (Wildman–Crippen LogP) is 4.76. The lowest BCUT2D eigenvalue weighted by atomic mass is 10.2. The van der Waals surface area contributed by atoms with Gasteiger partial charge in [0.15, 0.2) is 0 Å². The molecule has 0 saturated heterocycles. The van der Waals surface area contributed by atoms with Crippen LogP contribution >= 0.6 is 34.7 Å². The molecule has 0 fully saturated rings. The van der Waals surface area contributed by atoms with Gasteiger partial charge in [-0.05, 0) is 30.0 Å². The molecule has 2 aromatic carbocycles. The second-order valence-corrected chi connectivity index (χ2v) is 7.31. The SMILES string of the molecule is CSc1ccc(Cl)c(C(=O)Nc2nnc(Cc3ccccc3)s2)c1. The van der Waals surface area contributed by atoms with Crippen LogP contribution in [-0.2, 0) is 6.42 Å². The predicted molar refractivity (Wildman–Crippen MR) is 100 cm³/mol. The first-order valence-corrected chi connectivity index (χ1v) is 9.59. The molecule has 7 heteroatoms. The highest BCUT2D eigenvalue weighted by molar-refractivity contribution is 7.98. The normalized spacial score (nSPS) is 10.6. The first kappa shape index (κ1) is 17.0. The van der Waals surface area contributed by atoms with Crippen molar-refractivity contribution in [3.63, 3.8) is 0 Å². The van der Waals surface area contributed by atoms with Crippen LogP contribution in [0.5, 0.6) is 0 Å². The number of halogens is 1. The minimum absolute atomic E-state index is 0.279. The number of benzene rings is 2. The molecule has 0 saturated carbocycles. The molecule has 24 heavy (non-hydrogen) atoms. The van der Waals surface area contributed by atoms with Crippen LogP contribution in [0.1, 0.15) is 20.9 Å². The molecule has 0 radical (unpaired) electrons. The molecular weight excluding hydrogens is 362 g/mol. The molecule has 0 unspecified atom stereocenters. The highest BCUT2D eigenvalue weighted by atomic mass is 35.5. The van der Waals surface area contributed by atoms with Crippen molar-refractivity contribution in [2.45, 2.75) is 11.3 Å². The summed E-state index contributed by atoms with van der Waals surface area (Å²) in [5, 5.41) is 12.7. The summed E-state index contributed by atoms with van der Waals surface area (Å²) >= 11 is 9.04. The highest BCUT2D eigenvalue weighted by Crippen LogP contribution is 2.25. The molecule has 0 aliphatic carbocycles. The minimum Gasteiger partial charge on any atom is -0.296 e. The van der Waals surface area contributed by atoms with Crippen LogP contribution in [0, 0.1) is 0 Å². The molecular formula is C17H14ClN3OS2. The molecule has 3 rings (SSSR count). The summed E-state index contributed by atoms with van der Waals surface area (Å²) in [6.07, 6.45) is 2.64. The van der Waals surface area contributed by atoms with Crippen LogP contribution in [-0.4, -0.2) is 22.4 Å². The van der Waals surface area contributed by atoms with Crippen molar-refractivity contribution < 1.29 is 4.79 Å². The molecule has 4 nitrogen and oxygen atoms in total. The number of amides is 1. The van der Waals surface area contributed by atoms with Crippen molar-refractivity contribution in [3.8, 4) is 0 Å². The maximum absolute atomic E-state index is 12.4. The number of hydrogen-bond donors (Lipinski definition) is 1. The van der Waals surface area contributed by atoms with Crippen molar-refractivity contribution in [1.82, 2.24) is 10.2 Å². The van der Waals surface area contributed by atoms with E-state index in [0.717, 1.165) is 15.5 Å². The molecule has 1 heterocycles. The zero-order chi connectivity index (χ0) is 16.9. The highest BCUT2D eigenvalue weighted by Gasteiger charge is 2.14. The quantitative estimate of drug-likeness (QED) is 0.653. The molecule has 1 amide bonds. The van der Waals surface area contributed by atoms with Gasteiger partial charge in [0, 0.05) is 11.3 Å². The number of nitrogens with zero attached hydrogens (tertiary/aromatic N) is 2. The number of anilines is 1. The zero-order valence-electron chi connectivity index (χ0n) is 12.8. The van der Waals surface area contributed by atoms with Crippen LogP contribution < -0.4 is 5.32 Å². The Morgan fingerprint density at radius 1 is 1.21 bits per heavy atom. The van der Waals surface area contributed by atoms with Crippen LogP contribution in [0.4, 0.5) is 5.13 Å². The molecule has 122 valence electrons. The van der Waals surface area contributed by atoms with E-state index >= 15 is 0 Å². The Bertz CT molecular complexity index is 852. The van der Waals surface area contributed by atoms with Crippen LogP contribution in [0.25, 0.3) is 0 Å². The second-order valence-electron chi connectivity index (χ2n) is 4.96. The third-order valence-electron chi connectivity index (χ3n) is 3.30. The fraction of sp³-hybridized carbons (Fsp3) is 0.118. The lowest BCUT2D eigenvalue weighted by Crippen LogP contribution is -2.12. The van der Waals surface area contributed by atoms with Gasteiger partial charge in [-0.1, -0.05) is 53.3 Å². The summed E-state index contributed by atoms with van der Waals surface area (Å²) in [7, 11) is 0. The number of hydrogen-bond acceptors (Lipinski definition) is 5. The summed E-state index contributed by atoms with van der Waals surface area (Å²) in [6, 6.07) is 15.4. The van der Waals surface area contributed by atoms with Gasteiger partial charge in [0.25, 0.3) is 5.91 Å². The average molecular weight is 376 g/mol. The lowest BCUT2D eigenvalue weighted by Gasteiger charge is -2.05. The number of rotatable bonds is 5. The summed E-state index contributed by atoms with van der Waals surface area (Å²) < 4.78 is 0. The van der Waals surface area contributed by atoms with Crippen LogP contribution in [0.2, 0.25) is 5.02 Å².